The van der Waals surface area contributed by atoms with Crippen LogP contribution in [0.2, 0.25) is 5.15 Å². The lowest BCUT2D eigenvalue weighted by atomic mass is 10.3. The normalized spacial score (nSPS) is 10.0. The first-order valence-electron chi connectivity index (χ1n) is 5.65. The molecule has 0 aromatic carbocycles. The predicted octanol–water partition coefficient (Wildman–Crippen LogP) is 0.0125. The van der Waals surface area contributed by atoms with E-state index < -0.39 is 5.91 Å². The Morgan fingerprint density at radius 3 is 2.68 bits per heavy atom. The molecular formula is C11H15ClN4O3. The Bertz CT molecular complexity index is 424. The summed E-state index contributed by atoms with van der Waals surface area (Å²) in [5, 5.41) is 5.42. The van der Waals surface area contributed by atoms with Crippen LogP contribution in [0.4, 0.5) is 0 Å². The van der Waals surface area contributed by atoms with Crippen LogP contribution in [-0.4, -0.2) is 48.6 Å². The number of rotatable bonds is 7. The average molecular weight is 287 g/mol. The molecule has 0 bridgehead atoms. The molecule has 8 heteroatoms. The number of amides is 2. The number of methoxy groups -OCH3 is 1. The number of nitrogens with zero attached hydrogens (tertiary/aromatic N) is 2. The van der Waals surface area contributed by atoms with Gasteiger partial charge in [-0.3, -0.25) is 9.59 Å². The van der Waals surface area contributed by atoms with E-state index in [-0.39, 0.29) is 29.7 Å². The second-order valence-electron chi connectivity index (χ2n) is 3.57. The number of hydrogen-bond acceptors (Lipinski definition) is 5. The quantitative estimate of drug-likeness (QED) is 0.689. The zero-order valence-corrected chi connectivity index (χ0v) is 11.2. The van der Waals surface area contributed by atoms with E-state index in [2.05, 4.69) is 20.6 Å². The van der Waals surface area contributed by atoms with Crippen LogP contribution in [-0.2, 0) is 9.53 Å². The van der Waals surface area contributed by atoms with Crippen LogP contribution < -0.4 is 10.6 Å². The Morgan fingerprint density at radius 1 is 1.26 bits per heavy atom. The highest BCUT2D eigenvalue weighted by Crippen LogP contribution is 2.00. The van der Waals surface area contributed by atoms with Crippen molar-refractivity contribution in [3.63, 3.8) is 0 Å². The van der Waals surface area contributed by atoms with E-state index in [0.29, 0.717) is 13.2 Å². The van der Waals surface area contributed by atoms with Crippen LogP contribution >= 0.6 is 11.6 Å². The van der Waals surface area contributed by atoms with Crippen molar-refractivity contribution in [2.75, 3.05) is 26.8 Å². The summed E-state index contributed by atoms with van der Waals surface area (Å²) in [7, 11) is 1.56. The molecule has 0 saturated heterocycles. The number of aromatic nitrogens is 2. The van der Waals surface area contributed by atoms with Crippen LogP contribution in [0.25, 0.3) is 0 Å². The van der Waals surface area contributed by atoms with Gasteiger partial charge in [0.15, 0.2) is 0 Å². The minimum Gasteiger partial charge on any atom is -0.383 e. The van der Waals surface area contributed by atoms with Crippen molar-refractivity contribution in [1.29, 1.82) is 0 Å². The summed E-state index contributed by atoms with van der Waals surface area (Å²) in [4.78, 5) is 30.5. The van der Waals surface area contributed by atoms with Gasteiger partial charge in [0.05, 0.1) is 19.0 Å². The van der Waals surface area contributed by atoms with Crippen molar-refractivity contribution in [3.05, 3.63) is 23.2 Å². The third-order valence-corrected chi connectivity index (χ3v) is 2.31. The molecule has 104 valence electrons. The van der Waals surface area contributed by atoms with Gasteiger partial charge in [-0.05, 0) is 0 Å². The molecule has 0 fully saturated rings. The van der Waals surface area contributed by atoms with Crippen molar-refractivity contribution in [3.8, 4) is 0 Å². The Morgan fingerprint density at radius 2 is 2.05 bits per heavy atom. The number of carbonyl (C=O) groups is 2. The first-order valence-corrected chi connectivity index (χ1v) is 6.02. The maximum absolute atomic E-state index is 11.6. The molecule has 1 rings (SSSR count). The van der Waals surface area contributed by atoms with E-state index in [4.69, 9.17) is 16.3 Å². The third kappa shape index (κ3) is 6.12. The molecule has 0 aliphatic carbocycles. The highest BCUT2D eigenvalue weighted by atomic mass is 35.5. The standard InChI is InChI=1S/C11H15ClN4O3/c1-19-5-4-13-10(17)2-3-14-11(18)8-6-16-9(12)7-15-8/h6-7H,2-5H2,1H3,(H,13,17)(H,14,18). The molecule has 2 amide bonds. The maximum Gasteiger partial charge on any atom is 0.271 e. The van der Waals surface area contributed by atoms with E-state index in [1.165, 1.54) is 12.4 Å². The molecule has 1 heterocycles. The molecule has 0 spiro atoms. The van der Waals surface area contributed by atoms with Crippen LogP contribution in [0.5, 0.6) is 0 Å². The molecule has 19 heavy (non-hydrogen) atoms. The number of nitrogens with one attached hydrogen (secondary N) is 2. The van der Waals surface area contributed by atoms with Gasteiger partial charge in [-0.15, -0.1) is 0 Å². The van der Waals surface area contributed by atoms with Crippen LogP contribution in [0.15, 0.2) is 12.4 Å². The predicted molar refractivity (Wildman–Crippen MR) is 68.9 cm³/mol. The second kappa shape index (κ2) is 8.39. The SMILES string of the molecule is COCCNC(=O)CCNC(=O)c1cnc(Cl)cn1. The van der Waals surface area contributed by atoms with Crippen LogP contribution in [0.1, 0.15) is 16.9 Å². The van der Waals surface area contributed by atoms with Gasteiger partial charge >= 0.3 is 0 Å². The highest BCUT2D eigenvalue weighted by molar-refractivity contribution is 6.29. The molecule has 0 aliphatic heterocycles. The lowest BCUT2D eigenvalue weighted by molar-refractivity contribution is -0.121. The Labute approximate surface area is 115 Å². The summed E-state index contributed by atoms with van der Waals surface area (Å²) in [6, 6.07) is 0. The molecule has 0 atom stereocenters. The van der Waals surface area contributed by atoms with Gasteiger partial charge in [0.2, 0.25) is 5.91 Å². The Kier molecular flexibility index (Phi) is 6.76. The summed E-state index contributed by atoms with van der Waals surface area (Å²) < 4.78 is 4.79. The van der Waals surface area contributed by atoms with E-state index in [1.54, 1.807) is 7.11 Å². The van der Waals surface area contributed by atoms with E-state index in [1.807, 2.05) is 0 Å². The third-order valence-electron chi connectivity index (χ3n) is 2.12. The minimum absolute atomic E-state index is 0.153. The lowest BCUT2D eigenvalue weighted by Gasteiger charge is -2.05. The van der Waals surface area contributed by atoms with Crippen molar-refractivity contribution in [2.24, 2.45) is 0 Å². The van der Waals surface area contributed by atoms with Gasteiger partial charge in [-0.2, -0.15) is 0 Å². The van der Waals surface area contributed by atoms with E-state index in [9.17, 15) is 9.59 Å². The van der Waals surface area contributed by atoms with Gasteiger partial charge in [0.25, 0.3) is 5.91 Å². The zero-order valence-electron chi connectivity index (χ0n) is 10.5. The fraction of sp³-hybridized carbons (Fsp3) is 0.455. The van der Waals surface area contributed by atoms with Crippen LogP contribution in [0, 0.1) is 0 Å². The second-order valence-corrected chi connectivity index (χ2v) is 3.96. The Hall–Kier alpha value is -1.73. The largest absolute Gasteiger partial charge is 0.383 e. The van der Waals surface area contributed by atoms with E-state index >= 15 is 0 Å². The van der Waals surface area contributed by atoms with Crippen molar-refractivity contribution < 1.29 is 14.3 Å². The summed E-state index contributed by atoms with van der Waals surface area (Å²) in [5.74, 6) is -0.548. The number of ether oxygens (including phenoxy) is 1. The molecule has 0 unspecified atom stereocenters. The summed E-state index contributed by atoms with van der Waals surface area (Å²) >= 11 is 5.55. The summed E-state index contributed by atoms with van der Waals surface area (Å²) in [6.45, 7) is 1.13. The summed E-state index contributed by atoms with van der Waals surface area (Å²) in [5.41, 5.74) is 0.157. The van der Waals surface area contributed by atoms with Crippen molar-refractivity contribution >= 4 is 23.4 Å². The first kappa shape index (κ1) is 15.3. The Balaban J connectivity index is 2.23. The van der Waals surface area contributed by atoms with E-state index in [0.717, 1.165) is 0 Å². The molecule has 2 N–H and O–H groups in total. The topological polar surface area (TPSA) is 93.2 Å². The smallest absolute Gasteiger partial charge is 0.271 e. The fourth-order valence-corrected chi connectivity index (χ4v) is 1.29. The van der Waals surface area contributed by atoms with Gasteiger partial charge < -0.3 is 15.4 Å². The minimum atomic E-state index is -0.395. The van der Waals surface area contributed by atoms with Gasteiger partial charge in [-0.25, -0.2) is 9.97 Å². The van der Waals surface area contributed by atoms with Gasteiger partial charge in [0.1, 0.15) is 10.8 Å². The number of carbonyl (C=O) groups excluding carboxylic acids is 2. The molecule has 0 radical (unpaired) electrons. The summed E-state index contributed by atoms with van der Waals surface area (Å²) in [6.07, 6.45) is 2.75. The molecule has 1 aromatic rings. The highest BCUT2D eigenvalue weighted by Gasteiger charge is 2.08. The fourth-order valence-electron chi connectivity index (χ4n) is 1.19. The zero-order chi connectivity index (χ0) is 14.1. The monoisotopic (exact) mass is 286 g/mol. The maximum atomic E-state index is 11.6. The van der Waals surface area contributed by atoms with Gasteiger partial charge in [-0.1, -0.05) is 11.6 Å². The molecule has 0 saturated carbocycles. The molecule has 1 aromatic heterocycles. The van der Waals surface area contributed by atoms with Crippen molar-refractivity contribution in [1.82, 2.24) is 20.6 Å². The average Bonchev–Trinajstić information content (AvgIpc) is 2.39. The lowest BCUT2D eigenvalue weighted by Crippen LogP contribution is -2.32. The molecule has 0 aliphatic rings. The molecular weight excluding hydrogens is 272 g/mol. The van der Waals surface area contributed by atoms with Crippen LogP contribution in [0.3, 0.4) is 0 Å². The van der Waals surface area contributed by atoms with Crippen molar-refractivity contribution in [2.45, 2.75) is 6.42 Å². The molecule has 7 nitrogen and oxygen atoms in total. The number of halogens is 1. The number of hydrogen-bond donors (Lipinski definition) is 2. The first-order chi connectivity index (χ1) is 9.13. The van der Waals surface area contributed by atoms with Gasteiger partial charge in [0, 0.05) is 26.6 Å².